The molecule has 2 atom stereocenters. The molecular formula is C17H21FN4O2. The number of hydrogen-bond donors (Lipinski definition) is 1. The fourth-order valence-corrected chi connectivity index (χ4v) is 3.03. The number of carbonyl (C=O) groups is 1. The van der Waals surface area contributed by atoms with E-state index in [1.165, 1.54) is 12.1 Å². The van der Waals surface area contributed by atoms with Crippen LogP contribution in [0.25, 0.3) is 0 Å². The van der Waals surface area contributed by atoms with Gasteiger partial charge in [-0.3, -0.25) is 14.4 Å². The topological polar surface area (TPSA) is 61.6 Å². The maximum atomic E-state index is 13.0. The second kappa shape index (κ2) is 7.11. The number of benzene rings is 1. The number of halogens is 1. The van der Waals surface area contributed by atoms with Gasteiger partial charge in [-0.2, -0.15) is 5.10 Å². The van der Waals surface area contributed by atoms with Crippen LogP contribution in [-0.4, -0.2) is 62.9 Å². The number of carbonyl (C=O) groups excluding carboxylic acids is 1. The number of rotatable bonds is 5. The molecule has 0 aliphatic carbocycles. The van der Waals surface area contributed by atoms with Gasteiger partial charge in [0.05, 0.1) is 12.1 Å². The van der Waals surface area contributed by atoms with Gasteiger partial charge >= 0.3 is 0 Å². The summed E-state index contributed by atoms with van der Waals surface area (Å²) in [7, 11) is 1.90. The van der Waals surface area contributed by atoms with E-state index in [-0.39, 0.29) is 24.3 Å². The van der Waals surface area contributed by atoms with E-state index in [0.717, 1.165) is 5.56 Å². The Morgan fingerprint density at radius 1 is 1.38 bits per heavy atom. The zero-order valence-corrected chi connectivity index (χ0v) is 13.5. The molecule has 7 heteroatoms. The molecule has 1 aliphatic rings. The van der Waals surface area contributed by atoms with Gasteiger partial charge in [-0.25, -0.2) is 4.39 Å². The first-order chi connectivity index (χ1) is 11.5. The summed E-state index contributed by atoms with van der Waals surface area (Å²) in [6.45, 7) is 1.55. The van der Waals surface area contributed by atoms with Crippen LogP contribution in [0.5, 0.6) is 0 Å². The van der Waals surface area contributed by atoms with Crippen LogP contribution in [0.3, 0.4) is 0 Å². The molecular weight excluding hydrogens is 311 g/mol. The molecule has 1 saturated heterocycles. The van der Waals surface area contributed by atoms with Gasteiger partial charge in [0.1, 0.15) is 12.4 Å². The number of likely N-dealkylation sites (N-methyl/N-ethyl adjacent to an activating group) is 1. The Hall–Kier alpha value is -2.25. The first-order valence-corrected chi connectivity index (χ1v) is 7.91. The smallest absolute Gasteiger partial charge is 0.244 e. The lowest BCUT2D eigenvalue weighted by molar-refractivity contribution is -0.131. The standard InChI is InChI=1S/C17H21FN4O2/c1-20(9-13-3-5-14(18)6-4-13)15-10-21(11-16(15)23)17(24)12-22-8-2-7-19-22/h2-8,15-16,23H,9-12H2,1H3/t15-,16-/m1/s1. The van der Waals surface area contributed by atoms with Crippen LogP contribution in [0, 0.1) is 5.82 Å². The molecule has 0 bridgehead atoms. The molecule has 1 fully saturated rings. The van der Waals surface area contributed by atoms with Crippen LogP contribution in [0.2, 0.25) is 0 Å². The van der Waals surface area contributed by atoms with Gasteiger partial charge in [-0.1, -0.05) is 12.1 Å². The van der Waals surface area contributed by atoms with Gasteiger partial charge < -0.3 is 10.0 Å². The van der Waals surface area contributed by atoms with Crippen molar-refractivity contribution < 1.29 is 14.3 Å². The second-order valence-electron chi connectivity index (χ2n) is 6.18. The summed E-state index contributed by atoms with van der Waals surface area (Å²) >= 11 is 0. The Balaban J connectivity index is 1.58. The Bertz CT molecular complexity index is 674. The first-order valence-electron chi connectivity index (χ1n) is 7.91. The summed E-state index contributed by atoms with van der Waals surface area (Å²) in [5.74, 6) is -0.326. The number of aromatic nitrogens is 2. The van der Waals surface area contributed by atoms with Crippen LogP contribution in [0.4, 0.5) is 4.39 Å². The van der Waals surface area contributed by atoms with Gasteiger partial charge in [0.15, 0.2) is 0 Å². The Kier molecular flexibility index (Phi) is 4.92. The lowest BCUT2D eigenvalue weighted by Gasteiger charge is -2.26. The van der Waals surface area contributed by atoms with Crippen LogP contribution >= 0.6 is 0 Å². The maximum Gasteiger partial charge on any atom is 0.244 e. The largest absolute Gasteiger partial charge is 0.390 e. The molecule has 2 heterocycles. The van der Waals surface area contributed by atoms with Crippen molar-refractivity contribution in [2.24, 2.45) is 0 Å². The molecule has 6 nitrogen and oxygen atoms in total. The summed E-state index contributed by atoms with van der Waals surface area (Å²) in [6.07, 6.45) is 2.77. The van der Waals surface area contributed by atoms with Crippen LogP contribution < -0.4 is 0 Å². The van der Waals surface area contributed by atoms with E-state index in [0.29, 0.717) is 19.6 Å². The number of β-amino-alcohol motifs (C(OH)–C–C–N with tert-alkyl or cyclic N) is 1. The minimum atomic E-state index is -0.600. The molecule has 128 valence electrons. The molecule has 1 N–H and O–H groups in total. The third kappa shape index (κ3) is 3.80. The highest BCUT2D eigenvalue weighted by atomic mass is 19.1. The quantitative estimate of drug-likeness (QED) is 0.877. The minimum absolute atomic E-state index is 0.0598. The summed E-state index contributed by atoms with van der Waals surface area (Å²) in [6, 6.07) is 7.94. The molecule has 1 amide bonds. The number of amides is 1. The molecule has 1 aliphatic heterocycles. The molecule has 24 heavy (non-hydrogen) atoms. The van der Waals surface area contributed by atoms with Crippen LogP contribution in [0.1, 0.15) is 5.56 Å². The van der Waals surface area contributed by atoms with Gasteiger partial charge in [0, 0.05) is 32.0 Å². The fourth-order valence-electron chi connectivity index (χ4n) is 3.03. The summed E-state index contributed by atoms with van der Waals surface area (Å²) in [5.41, 5.74) is 0.965. The molecule has 2 aromatic rings. The monoisotopic (exact) mass is 332 g/mol. The first kappa shape index (κ1) is 16.6. The second-order valence-corrected chi connectivity index (χ2v) is 6.18. The van der Waals surface area contributed by atoms with Crippen LogP contribution in [0.15, 0.2) is 42.7 Å². The zero-order valence-electron chi connectivity index (χ0n) is 13.5. The number of aliphatic hydroxyl groups excluding tert-OH is 1. The number of nitrogens with zero attached hydrogens (tertiary/aromatic N) is 4. The molecule has 0 spiro atoms. The van der Waals surface area contributed by atoms with Crippen molar-refractivity contribution in [3.63, 3.8) is 0 Å². The van der Waals surface area contributed by atoms with Crippen molar-refractivity contribution in [2.75, 3.05) is 20.1 Å². The lowest BCUT2D eigenvalue weighted by Crippen LogP contribution is -2.40. The van der Waals surface area contributed by atoms with E-state index in [1.54, 1.807) is 40.2 Å². The van der Waals surface area contributed by atoms with Crippen molar-refractivity contribution in [3.05, 3.63) is 54.1 Å². The Morgan fingerprint density at radius 2 is 2.12 bits per heavy atom. The van der Waals surface area contributed by atoms with Gasteiger partial charge in [-0.15, -0.1) is 0 Å². The molecule has 3 rings (SSSR count). The Morgan fingerprint density at radius 3 is 2.79 bits per heavy atom. The molecule has 1 aromatic heterocycles. The van der Waals surface area contributed by atoms with E-state index in [9.17, 15) is 14.3 Å². The average Bonchev–Trinajstić information content (AvgIpc) is 3.19. The third-order valence-corrected chi connectivity index (χ3v) is 4.38. The van der Waals surface area contributed by atoms with Crippen LogP contribution in [-0.2, 0) is 17.9 Å². The number of aliphatic hydroxyl groups is 1. The highest BCUT2D eigenvalue weighted by Gasteiger charge is 2.36. The molecule has 0 radical (unpaired) electrons. The van der Waals surface area contributed by atoms with Crippen molar-refractivity contribution in [1.29, 1.82) is 0 Å². The highest BCUT2D eigenvalue weighted by Crippen LogP contribution is 2.18. The summed E-state index contributed by atoms with van der Waals surface area (Å²) in [5, 5.41) is 14.3. The molecule has 0 saturated carbocycles. The minimum Gasteiger partial charge on any atom is -0.390 e. The number of hydrogen-bond acceptors (Lipinski definition) is 4. The van der Waals surface area contributed by atoms with Crippen molar-refractivity contribution >= 4 is 5.91 Å². The Labute approximate surface area is 140 Å². The van der Waals surface area contributed by atoms with Crippen molar-refractivity contribution in [1.82, 2.24) is 19.6 Å². The van der Waals surface area contributed by atoms with Gasteiger partial charge in [-0.05, 0) is 30.8 Å². The number of likely N-dealkylation sites (tertiary alicyclic amines) is 1. The zero-order chi connectivity index (χ0) is 17.1. The predicted octanol–water partition coefficient (Wildman–Crippen LogP) is 0.726. The van der Waals surface area contributed by atoms with E-state index in [2.05, 4.69) is 5.10 Å². The van der Waals surface area contributed by atoms with E-state index >= 15 is 0 Å². The highest BCUT2D eigenvalue weighted by molar-refractivity contribution is 5.76. The summed E-state index contributed by atoms with van der Waals surface area (Å²) < 4.78 is 14.6. The summed E-state index contributed by atoms with van der Waals surface area (Å²) in [4.78, 5) is 16.0. The fraction of sp³-hybridized carbons (Fsp3) is 0.412. The molecule has 1 aromatic carbocycles. The average molecular weight is 332 g/mol. The normalized spacial score (nSPS) is 20.8. The van der Waals surface area contributed by atoms with E-state index < -0.39 is 6.10 Å². The van der Waals surface area contributed by atoms with Crippen molar-refractivity contribution in [3.8, 4) is 0 Å². The van der Waals surface area contributed by atoms with Gasteiger partial charge in [0.2, 0.25) is 5.91 Å². The SMILES string of the molecule is CN(Cc1ccc(F)cc1)[C@@H]1CN(C(=O)Cn2cccn2)C[C@H]1O. The van der Waals surface area contributed by atoms with E-state index in [1.807, 2.05) is 11.9 Å². The predicted molar refractivity (Wildman–Crippen MR) is 86.5 cm³/mol. The van der Waals surface area contributed by atoms with Gasteiger partial charge in [0.25, 0.3) is 0 Å². The third-order valence-electron chi connectivity index (χ3n) is 4.38. The lowest BCUT2D eigenvalue weighted by atomic mass is 10.1. The van der Waals surface area contributed by atoms with E-state index in [4.69, 9.17) is 0 Å². The van der Waals surface area contributed by atoms with Crippen molar-refractivity contribution in [2.45, 2.75) is 25.2 Å². The molecule has 0 unspecified atom stereocenters. The maximum absolute atomic E-state index is 13.0.